The summed E-state index contributed by atoms with van der Waals surface area (Å²) in [6.45, 7) is 4.05. The second kappa shape index (κ2) is 6.36. The number of benzene rings is 1. The monoisotopic (exact) mass is 355 g/mol. The van der Waals surface area contributed by atoms with Crippen molar-refractivity contribution >= 4 is 56.2 Å². The van der Waals surface area contributed by atoms with Gasteiger partial charge in [-0.3, -0.25) is 4.79 Å². The van der Waals surface area contributed by atoms with E-state index in [2.05, 4.69) is 27.8 Å². The van der Waals surface area contributed by atoms with E-state index >= 15 is 0 Å². The first kappa shape index (κ1) is 14.3. The van der Waals surface area contributed by atoms with Gasteiger partial charge in [-0.1, -0.05) is 42.7 Å². The van der Waals surface area contributed by atoms with Crippen molar-refractivity contribution in [1.82, 2.24) is 5.32 Å². The molecule has 1 aromatic rings. The molecule has 0 radical (unpaired) electrons. The van der Waals surface area contributed by atoms with Gasteiger partial charge < -0.3 is 10.1 Å². The molecule has 98 valence electrons. The fourth-order valence-corrected chi connectivity index (χ4v) is 3.00. The lowest BCUT2D eigenvalue weighted by atomic mass is 10.2. The van der Waals surface area contributed by atoms with E-state index in [1.54, 1.807) is 12.2 Å². The summed E-state index contributed by atoms with van der Waals surface area (Å²) in [6, 6.07) is 5.61. The summed E-state index contributed by atoms with van der Waals surface area (Å²) >= 11 is 9.63. The number of thioether (sulfide) groups is 1. The summed E-state index contributed by atoms with van der Waals surface area (Å²) in [7, 11) is 0. The van der Waals surface area contributed by atoms with Gasteiger partial charge in [-0.25, -0.2) is 0 Å². The van der Waals surface area contributed by atoms with Crippen molar-refractivity contribution in [2.45, 2.75) is 0 Å². The van der Waals surface area contributed by atoms with Gasteiger partial charge in [0.2, 0.25) is 0 Å². The Bertz CT molecular complexity index is 584. The number of carbonyl (C=O) groups is 1. The number of thiocarbonyl (C=S) groups is 1. The van der Waals surface area contributed by atoms with Gasteiger partial charge >= 0.3 is 0 Å². The molecule has 1 fully saturated rings. The summed E-state index contributed by atoms with van der Waals surface area (Å²) in [4.78, 5) is 12.1. The van der Waals surface area contributed by atoms with Gasteiger partial charge in [0.15, 0.2) is 0 Å². The molecule has 1 heterocycles. The highest BCUT2D eigenvalue weighted by atomic mass is 79.9. The molecule has 19 heavy (non-hydrogen) atoms. The van der Waals surface area contributed by atoms with Crippen molar-refractivity contribution in [1.29, 1.82) is 0 Å². The molecule has 1 N–H and O–H groups in total. The van der Waals surface area contributed by atoms with Gasteiger partial charge in [0, 0.05) is 0 Å². The summed E-state index contributed by atoms with van der Waals surface area (Å²) in [5.74, 6) is 0.583. The van der Waals surface area contributed by atoms with Crippen molar-refractivity contribution in [3.05, 3.63) is 45.8 Å². The summed E-state index contributed by atoms with van der Waals surface area (Å²) in [6.07, 6.45) is 3.48. The first-order valence-electron chi connectivity index (χ1n) is 5.38. The SMILES string of the molecule is C=CCOc1ccc(/C=C2/SC(=S)NC2=O)cc1Br. The molecule has 1 aliphatic rings. The summed E-state index contributed by atoms with van der Waals surface area (Å²) in [5.41, 5.74) is 0.903. The molecule has 0 aromatic heterocycles. The third-order valence-corrected chi connectivity index (χ3v) is 4.03. The molecule has 0 atom stereocenters. The molecule has 1 amide bonds. The van der Waals surface area contributed by atoms with Gasteiger partial charge in [0.1, 0.15) is 16.7 Å². The zero-order chi connectivity index (χ0) is 13.8. The number of hydrogen-bond acceptors (Lipinski definition) is 4. The van der Waals surface area contributed by atoms with Crippen LogP contribution in [0.1, 0.15) is 5.56 Å². The number of rotatable bonds is 4. The van der Waals surface area contributed by atoms with Crippen LogP contribution in [0.5, 0.6) is 5.75 Å². The van der Waals surface area contributed by atoms with Crippen LogP contribution in [0, 0.1) is 0 Å². The molecule has 2 rings (SSSR count). The predicted octanol–water partition coefficient (Wildman–Crippen LogP) is 3.50. The van der Waals surface area contributed by atoms with E-state index in [0.29, 0.717) is 15.8 Å². The molecular formula is C13H10BrNO2S2. The molecule has 0 aliphatic carbocycles. The van der Waals surface area contributed by atoms with Crippen LogP contribution in [0.2, 0.25) is 0 Å². The Balaban J connectivity index is 2.20. The second-order valence-electron chi connectivity index (χ2n) is 3.64. The van der Waals surface area contributed by atoms with E-state index in [9.17, 15) is 4.79 Å². The maximum atomic E-state index is 11.5. The largest absolute Gasteiger partial charge is 0.488 e. The van der Waals surface area contributed by atoms with Crippen LogP contribution in [0.4, 0.5) is 0 Å². The van der Waals surface area contributed by atoms with E-state index < -0.39 is 0 Å². The average molecular weight is 356 g/mol. The lowest BCUT2D eigenvalue weighted by molar-refractivity contribution is -0.115. The molecule has 0 spiro atoms. The van der Waals surface area contributed by atoms with Crippen LogP contribution in [0.15, 0.2) is 40.2 Å². The first-order valence-corrected chi connectivity index (χ1v) is 7.40. The highest BCUT2D eigenvalue weighted by Crippen LogP contribution is 2.30. The minimum atomic E-state index is -0.155. The number of nitrogens with one attached hydrogen (secondary N) is 1. The maximum Gasteiger partial charge on any atom is 0.263 e. The highest BCUT2D eigenvalue weighted by molar-refractivity contribution is 9.10. The van der Waals surface area contributed by atoms with E-state index in [-0.39, 0.29) is 5.91 Å². The quantitative estimate of drug-likeness (QED) is 0.509. The number of amides is 1. The van der Waals surface area contributed by atoms with Crippen molar-refractivity contribution in [3.63, 3.8) is 0 Å². The smallest absolute Gasteiger partial charge is 0.263 e. The molecule has 0 bridgehead atoms. The summed E-state index contributed by atoms with van der Waals surface area (Å²) < 4.78 is 6.77. The van der Waals surface area contributed by atoms with Gasteiger partial charge in [0.25, 0.3) is 5.91 Å². The molecule has 0 saturated carbocycles. The van der Waals surface area contributed by atoms with E-state index in [1.807, 2.05) is 18.2 Å². The van der Waals surface area contributed by atoms with Crippen molar-refractivity contribution in [2.75, 3.05) is 6.61 Å². The van der Waals surface area contributed by atoms with Crippen molar-refractivity contribution < 1.29 is 9.53 Å². The second-order valence-corrected chi connectivity index (χ2v) is 6.21. The fraction of sp³-hybridized carbons (Fsp3) is 0.0769. The van der Waals surface area contributed by atoms with Gasteiger partial charge in [-0.05, 0) is 39.7 Å². The normalized spacial score (nSPS) is 16.6. The predicted molar refractivity (Wildman–Crippen MR) is 86.1 cm³/mol. The first-order chi connectivity index (χ1) is 9.10. The molecule has 1 aromatic carbocycles. The van der Waals surface area contributed by atoms with E-state index in [4.69, 9.17) is 17.0 Å². The Morgan fingerprint density at radius 2 is 2.32 bits per heavy atom. The van der Waals surface area contributed by atoms with Gasteiger partial charge in [-0.15, -0.1) is 0 Å². The van der Waals surface area contributed by atoms with Crippen LogP contribution >= 0.6 is 39.9 Å². The number of carbonyl (C=O) groups excluding carboxylic acids is 1. The van der Waals surface area contributed by atoms with E-state index in [0.717, 1.165) is 15.8 Å². The third kappa shape index (κ3) is 3.68. The fourth-order valence-electron chi connectivity index (χ4n) is 1.45. The average Bonchev–Trinajstić information content (AvgIpc) is 2.67. The van der Waals surface area contributed by atoms with E-state index in [1.165, 1.54) is 11.8 Å². The van der Waals surface area contributed by atoms with Gasteiger partial charge in [-0.2, -0.15) is 0 Å². The lowest BCUT2D eigenvalue weighted by Gasteiger charge is -2.06. The minimum Gasteiger partial charge on any atom is -0.488 e. The summed E-state index contributed by atoms with van der Waals surface area (Å²) in [5, 5.41) is 2.58. The Morgan fingerprint density at radius 3 is 2.89 bits per heavy atom. The van der Waals surface area contributed by atoms with Crippen molar-refractivity contribution in [2.24, 2.45) is 0 Å². The number of ether oxygens (including phenoxy) is 1. The maximum absolute atomic E-state index is 11.5. The molecule has 1 saturated heterocycles. The standard InChI is InChI=1S/C13H10BrNO2S2/c1-2-5-17-10-4-3-8(6-9(10)14)7-11-12(16)15-13(18)19-11/h2-4,6-7H,1,5H2,(H,15,16,18)/b11-7+. The van der Waals surface area contributed by atoms with Crippen LogP contribution in [-0.4, -0.2) is 16.8 Å². The number of halogens is 1. The Kier molecular flexibility index (Phi) is 4.79. The highest BCUT2D eigenvalue weighted by Gasteiger charge is 2.21. The van der Waals surface area contributed by atoms with Crippen LogP contribution in [0.3, 0.4) is 0 Å². The molecule has 3 nitrogen and oxygen atoms in total. The van der Waals surface area contributed by atoms with Crippen LogP contribution in [-0.2, 0) is 4.79 Å². The molecule has 6 heteroatoms. The van der Waals surface area contributed by atoms with Crippen LogP contribution in [0.25, 0.3) is 6.08 Å². The lowest BCUT2D eigenvalue weighted by Crippen LogP contribution is -2.17. The molecule has 1 aliphatic heterocycles. The van der Waals surface area contributed by atoms with Gasteiger partial charge in [0.05, 0.1) is 9.38 Å². The zero-order valence-electron chi connectivity index (χ0n) is 9.81. The Hall–Kier alpha value is -1.11. The Labute approximate surface area is 129 Å². The molecule has 0 unspecified atom stereocenters. The van der Waals surface area contributed by atoms with Crippen LogP contribution < -0.4 is 10.1 Å². The third-order valence-electron chi connectivity index (χ3n) is 2.25. The topological polar surface area (TPSA) is 38.3 Å². The Morgan fingerprint density at radius 1 is 1.53 bits per heavy atom. The minimum absolute atomic E-state index is 0.155. The van der Waals surface area contributed by atoms with Crippen molar-refractivity contribution in [3.8, 4) is 5.75 Å². The zero-order valence-corrected chi connectivity index (χ0v) is 13.0. The molecular weight excluding hydrogens is 346 g/mol. The number of hydrogen-bond donors (Lipinski definition) is 1.